The van der Waals surface area contributed by atoms with E-state index < -0.39 is 12.1 Å². The molecule has 0 bridgehead atoms. The number of aliphatic hydroxyl groups excluding tert-OH is 2. The smallest absolute Gasteiger partial charge is 0.220 e. The molecule has 4 nitrogen and oxygen atoms in total. The van der Waals surface area contributed by atoms with Crippen LogP contribution in [0.15, 0.2) is 134 Å². The first-order valence-corrected chi connectivity index (χ1v) is 21.4. The fourth-order valence-corrected chi connectivity index (χ4v) is 5.38. The monoisotopic (exact) mass is 742 g/mol. The normalized spacial score (nSPS) is 14.4. The Morgan fingerprint density at radius 3 is 1.20 bits per heavy atom. The lowest BCUT2D eigenvalue weighted by Crippen LogP contribution is -2.45. The second kappa shape index (κ2) is 43.9. The van der Waals surface area contributed by atoms with Gasteiger partial charge in [0, 0.05) is 6.42 Å². The molecule has 0 aromatic carbocycles. The van der Waals surface area contributed by atoms with Crippen LogP contribution < -0.4 is 5.32 Å². The van der Waals surface area contributed by atoms with Gasteiger partial charge in [0.25, 0.3) is 0 Å². The van der Waals surface area contributed by atoms with Crippen molar-refractivity contribution < 1.29 is 15.0 Å². The van der Waals surface area contributed by atoms with Gasteiger partial charge in [-0.3, -0.25) is 4.79 Å². The van der Waals surface area contributed by atoms with Gasteiger partial charge in [0.2, 0.25) is 5.91 Å². The van der Waals surface area contributed by atoms with Crippen molar-refractivity contribution in [1.29, 1.82) is 0 Å². The first-order chi connectivity index (χ1) is 26.7. The van der Waals surface area contributed by atoms with Crippen LogP contribution in [0.5, 0.6) is 0 Å². The van der Waals surface area contributed by atoms with Crippen LogP contribution in [-0.2, 0) is 4.79 Å². The molecular formula is C50H79NO3. The SMILES string of the molecule is CC/C=C\C/C=C\C/C=C\C/C=C\C/C=C\C/C=C\C/C=C\C/C=C\C/C=C\C/C=C\CCCCCCC(=O)NC(CO)C(O)/C=C/CCCCCCC. The Labute approximate surface area is 332 Å². The standard InChI is InChI=1S/C50H79NO3/c1-3-5-7-9-11-12-13-14-15-16-17-18-19-20-21-22-23-24-25-26-27-28-29-30-31-32-33-34-35-36-37-38-40-42-44-46-50(54)51-48(47-52)49(53)45-43-41-39-10-8-6-4-2/h5,7,11-12,14-15,17-18,20-21,23-24,26-27,29-30,32-33,35-36,43,45,48-49,52-53H,3-4,6,8-10,13,16,19,22,25,28,31,34,37-42,44,46-47H2,1-2H3,(H,51,54)/b7-5-,12-11-,15-14-,18-17-,21-20-,24-23-,27-26-,30-29-,33-32-,36-35-,45-43+. The molecule has 0 saturated carbocycles. The van der Waals surface area contributed by atoms with Gasteiger partial charge in [-0.1, -0.05) is 186 Å². The highest BCUT2D eigenvalue weighted by Gasteiger charge is 2.17. The van der Waals surface area contributed by atoms with Gasteiger partial charge in [-0.2, -0.15) is 0 Å². The van der Waals surface area contributed by atoms with E-state index in [1.54, 1.807) is 6.08 Å². The highest BCUT2D eigenvalue weighted by Crippen LogP contribution is 2.09. The molecule has 0 spiro atoms. The molecule has 0 aliphatic heterocycles. The zero-order valence-corrected chi connectivity index (χ0v) is 34.4. The molecular weight excluding hydrogens is 663 g/mol. The molecule has 0 fully saturated rings. The van der Waals surface area contributed by atoms with Crippen molar-refractivity contribution in [2.24, 2.45) is 0 Å². The highest BCUT2D eigenvalue weighted by atomic mass is 16.3. The summed E-state index contributed by atoms with van der Waals surface area (Å²) in [5.74, 6) is -0.101. The third-order valence-electron chi connectivity index (χ3n) is 8.64. The van der Waals surface area contributed by atoms with E-state index in [0.717, 1.165) is 109 Å². The highest BCUT2D eigenvalue weighted by molar-refractivity contribution is 5.76. The van der Waals surface area contributed by atoms with Crippen LogP contribution in [0.1, 0.15) is 155 Å². The van der Waals surface area contributed by atoms with Crippen LogP contribution in [0.2, 0.25) is 0 Å². The lowest BCUT2D eigenvalue weighted by atomic mass is 10.1. The van der Waals surface area contributed by atoms with E-state index in [0.29, 0.717) is 6.42 Å². The number of carbonyl (C=O) groups excluding carboxylic acids is 1. The molecule has 0 aromatic heterocycles. The van der Waals surface area contributed by atoms with E-state index in [9.17, 15) is 15.0 Å². The van der Waals surface area contributed by atoms with Crippen LogP contribution in [0.4, 0.5) is 0 Å². The molecule has 0 aliphatic rings. The van der Waals surface area contributed by atoms with Gasteiger partial charge >= 0.3 is 0 Å². The van der Waals surface area contributed by atoms with E-state index >= 15 is 0 Å². The zero-order valence-electron chi connectivity index (χ0n) is 34.4. The van der Waals surface area contributed by atoms with E-state index in [2.05, 4.69) is 141 Å². The Bertz CT molecular complexity index is 1160. The maximum atomic E-state index is 12.3. The summed E-state index contributed by atoms with van der Waals surface area (Å²) in [5, 5.41) is 22.7. The Balaban J connectivity index is 3.72. The van der Waals surface area contributed by atoms with Gasteiger partial charge in [-0.05, 0) is 96.3 Å². The minimum absolute atomic E-state index is 0.101. The molecule has 0 aliphatic carbocycles. The van der Waals surface area contributed by atoms with E-state index in [-0.39, 0.29) is 12.5 Å². The number of hydrogen-bond acceptors (Lipinski definition) is 3. The molecule has 0 heterocycles. The molecule has 4 heteroatoms. The van der Waals surface area contributed by atoms with E-state index in [4.69, 9.17) is 0 Å². The number of rotatable bonds is 36. The molecule has 2 unspecified atom stereocenters. The number of nitrogens with one attached hydrogen (secondary N) is 1. The molecule has 1 amide bonds. The van der Waals surface area contributed by atoms with Crippen molar-refractivity contribution >= 4 is 5.91 Å². The average molecular weight is 742 g/mol. The maximum absolute atomic E-state index is 12.3. The molecule has 0 radical (unpaired) electrons. The summed E-state index contributed by atoms with van der Waals surface area (Å²) < 4.78 is 0. The number of aliphatic hydroxyl groups is 2. The number of unbranched alkanes of at least 4 members (excludes halogenated alkanes) is 9. The quantitative estimate of drug-likeness (QED) is 0.0442. The van der Waals surface area contributed by atoms with Crippen molar-refractivity contribution in [2.45, 2.75) is 167 Å². The van der Waals surface area contributed by atoms with Crippen molar-refractivity contribution in [1.82, 2.24) is 5.32 Å². The molecule has 2 atom stereocenters. The predicted molar refractivity (Wildman–Crippen MR) is 238 cm³/mol. The van der Waals surface area contributed by atoms with Gasteiger partial charge in [-0.15, -0.1) is 0 Å². The van der Waals surface area contributed by atoms with Crippen LogP contribution in [0, 0.1) is 0 Å². The Kier molecular flexibility index (Phi) is 41.1. The minimum atomic E-state index is -0.856. The lowest BCUT2D eigenvalue weighted by molar-refractivity contribution is -0.123. The molecule has 0 rings (SSSR count). The second-order valence-electron chi connectivity index (χ2n) is 13.7. The first kappa shape index (κ1) is 50.5. The molecule has 3 N–H and O–H groups in total. The third kappa shape index (κ3) is 39.7. The number of allylic oxidation sites excluding steroid dienone is 21. The summed E-state index contributed by atoms with van der Waals surface area (Å²) in [5.41, 5.74) is 0. The van der Waals surface area contributed by atoms with E-state index in [1.807, 2.05) is 6.08 Å². The summed E-state index contributed by atoms with van der Waals surface area (Å²) >= 11 is 0. The summed E-state index contributed by atoms with van der Waals surface area (Å²) in [6.45, 7) is 4.10. The fourth-order valence-electron chi connectivity index (χ4n) is 5.38. The Hall–Kier alpha value is -3.47. The van der Waals surface area contributed by atoms with Crippen molar-refractivity contribution in [3.63, 3.8) is 0 Å². The van der Waals surface area contributed by atoms with Gasteiger partial charge in [0.1, 0.15) is 0 Å². The molecule has 54 heavy (non-hydrogen) atoms. The van der Waals surface area contributed by atoms with Crippen LogP contribution >= 0.6 is 0 Å². The molecule has 0 aromatic rings. The lowest BCUT2D eigenvalue weighted by Gasteiger charge is -2.20. The van der Waals surface area contributed by atoms with Crippen LogP contribution in [0.3, 0.4) is 0 Å². The summed E-state index contributed by atoms with van der Waals surface area (Å²) in [6.07, 6.45) is 70.0. The number of carbonyl (C=O) groups is 1. The third-order valence-corrected chi connectivity index (χ3v) is 8.64. The topological polar surface area (TPSA) is 69.6 Å². The van der Waals surface area contributed by atoms with Crippen molar-refractivity contribution in [3.8, 4) is 0 Å². The van der Waals surface area contributed by atoms with E-state index in [1.165, 1.54) is 25.7 Å². The first-order valence-electron chi connectivity index (χ1n) is 21.4. The minimum Gasteiger partial charge on any atom is -0.394 e. The van der Waals surface area contributed by atoms with Crippen LogP contribution in [-0.4, -0.2) is 34.9 Å². The van der Waals surface area contributed by atoms with Gasteiger partial charge in [0.05, 0.1) is 18.8 Å². The Morgan fingerprint density at radius 1 is 0.463 bits per heavy atom. The number of amides is 1. The van der Waals surface area contributed by atoms with Crippen molar-refractivity contribution in [3.05, 3.63) is 134 Å². The largest absolute Gasteiger partial charge is 0.394 e. The second-order valence-corrected chi connectivity index (χ2v) is 13.7. The van der Waals surface area contributed by atoms with Crippen molar-refractivity contribution in [2.75, 3.05) is 6.61 Å². The average Bonchev–Trinajstić information content (AvgIpc) is 3.18. The van der Waals surface area contributed by atoms with Gasteiger partial charge in [0.15, 0.2) is 0 Å². The predicted octanol–water partition coefficient (Wildman–Crippen LogP) is 13.6. The zero-order chi connectivity index (χ0) is 39.3. The Morgan fingerprint density at radius 2 is 0.815 bits per heavy atom. The molecule has 302 valence electrons. The fraction of sp³-hybridized carbons (Fsp3) is 0.540. The summed E-state index contributed by atoms with van der Waals surface area (Å²) in [7, 11) is 0. The summed E-state index contributed by atoms with van der Waals surface area (Å²) in [4.78, 5) is 12.3. The van der Waals surface area contributed by atoms with Crippen LogP contribution in [0.25, 0.3) is 0 Å². The summed E-state index contributed by atoms with van der Waals surface area (Å²) in [6, 6.07) is -0.642. The number of hydrogen-bond donors (Lipinski definition) is 3. The van der Waals surface area contributed by atoms with Gasteiger partial charge in [-0.25, -0.2) is 0 Å². The molecule has 0 saturated heterocycles. The van der Waals surface area contributed by atoms with Gasteiger partial charge < -0.3 is 15.5 Å². The maximum Gasteiger partial charge on any atom is 0.220 e.